The Labute approximate surface area is 229 Å². The smallest absolute Gasteiger partial charge is 0.329 e. The van der Waals surface area contributed by atoms with E-state index in [1.165, 1.54) is 10.5 Å². The number of hydrogen-bond donors (Lipinski definition) is 2. The maximum Gasteiger partial charge on any atom is 0.329 e. The summed E-state index contributed by atoms with van der Waals surface area (Å²) in [4.78, 5) is 24.4. The van der Waals surface area contributed by atoms with Gasteiger partial charge in [-0.1, -0.05) is 66.8 Å². The fraction of sp³-hybridized carbons (Fsp3) is 0.345. The zero-order valence-electron chi connectivity index (χ0n) is 22.2. The number of hydrogen-bond acceptors (Lipinski definition) is 6. The molecular weight excluding hydrogens is 516 g/mol. The van der Waals surface area contributed by atoms with Crippen molar-refractivity contribution in [1.29, 1.82) is 0 Å². The summed E-state index contributed by atoms with van der Waals surface area (Å²) < 4.78 is 34.2. The number of hydrazone groups is 1. The lowest BCUT2D eigenvalue weighted by atomic mass is 9.95. The van der Waals surface area contributed by atoms with Crippen molar-refractivity contribution in [3.63, 3.8) is 0 Å². The van der Waals surface area contributed by atoms with E-state index in [1.807, 2.05) is 38.1 Å². The molecule has 3 aromatic rings. The van der Waals surface area contributed by atoms with Gasteiger partial charge in [-0.05, 0) is 56.5 Å². The third-order valence-corrected chi connectivity index (χ3v) is 8.46. The molecule has 206 valence electrons. The Morgan fingerprint density at radius 3 is 2.21 bits per heavy atom. The number of nitrogens with one attached hydrogen (secondary N) is 2. The Bertz CT molecular complexity index is 1410. The minimum Gasteiger partial charge on any atom is -0.459 e. The number of benzene rings is 2. The van der Waals surface area contributed by atoms with Gasteiger partial charge in [-0.2, -0.15) is 9.41 Å². The van der Waals surface area contributed by atoms with Crippen LogP contribution in [0.3, 0.4) is 0 Å². The molecule has 1 aliphatic rings. The molecule has 0 atom stereocenters. The van der Waals surface area contributed by atoms with Crippen molar-refractivity contribution in [2.24, 2.45) is 5.10 Å². The highest BCUT2D eigenvalue weighted by atomic mass is 32.2. The number of aryl methyl sites for hydroxylation is 2. The minimum absolute atomic E-state index is 0.00587. The second kappa shape index (κ2) is 12.9. The van der Waals surface area contributed by atoms with Gasteiger partial charge in [0.1, 0.15) is 11.5 Å². The predicted molar refractivity (Wildman–Crippen MR) is 148 cm³/mol. The number of nitrogens with zero attached hydrogens (tertiary/aromatic N) is 2. The number of rotatable bonds is 9. The Hall–Kier alpha value is -3.76. The molecule has 1 aromatic heterocycles. The zero-order valence-corrected chi connectivity index (χ0v) is 23.0. The van der Waals surface area contributed by atoms with Crippen molar-refractivity contribution in [1.82, 2.24) is 15.0 Å². The van der Waals surface area contributed by atoms with Crippen molar-refractivity contribution in [3.05, 3.63) is 88.9 Å². The first-order valence-corrected chi connectivity index (χ1v) is 14.5. The molecule has 2 aromatic carbocycles. The van der Waals surface area contributed by atoms with Crippen LogP contribution in [0.25, 0.3) is 0 Å². The fourth-order valence-electron chi connectivity index (χ4n) is 4.41. The van der Waals surface area contributed by atoms with Gasteiger partial charge in [0.05, 0.1) is 17.7 Å². The van der Waals surface area contributed by atoms with E-state index in [1.54, 1.807) is 36.4 Å². The standard InChI is InChI=1S/C29H34N4O5S/c1-21-8-12-23(13-9-21)19-33(39(36,37)27-16-10-22(2)11-17-27)20-26-15-14-25(38-26)18-30-32-29(35)28(34)31-24-6-4-3-5-7-24/h8-18,24H,3-7,19-20H2,1-2H3,(H,31,34)(H,32,35)/b30-18+. The second-order valence-electron chi connectivity index (χ2n) is 9.88. The number of sulfonamides is 1. The zero-order chi connectivity index (χ0) is 27.8. The number of furan rings is 1. The second-order valence-corrected chi connectivity index (χ2v) is 11.8. The molecule has 1 saturated carbocycles. The molecule has 0 aliphatic heterocycles. The van der Waals surface area contributed by atoms with E-state index >= 15 is 0 Å². The topological polar surface area (TPSA) is 121 Å². The molecule has 9 nitrogen and oxygen atoms in total. The number of carbonyl (C=O) groups excluding carboxylic acids is 2. The molecule has 2 N–H and O–H groups in total. The van der Waals surface area contributed by atoms with Crippen molar-refractivity contribution in [3.8, 4) is 0 Å². The van der Waals surface area contributed by atoms with E-state index in [9.17, 15) is 18.0 Å². The summed E-state index contributed by atoms with van der Waals surface area (Å²) in [5.41, 5.74) is 5.11. The average molecular weight is 551 g/mol. The Morgan fingerprint density at radius 1 is 0.897 bits per heavy atom. The van der Waals surface area contributed by atoms with Gasteiger partial charge in [0.25, 0.3) is 0 Å². The molecule has 0 spiro atoms. The third-order valence-electron chi connectivity index (χ3n) is 6.66. The minimum atomic E-state index is -3.83. The summed E-state index contributed by atoms with van der Waals surface area (Å²) in [5.74, 6) is -0.856. The SMILES string of the molecule is Cc1ccc(CN(Cc2ccc(/C=N/NC(=O)C(=O)NC3CCCCC3)o2)S(=O)(=O)c2ccc(C)cc2)cc1. The highest BCUT2D eigenvalue weighted by Crippen LogP contribution is 2.23. The van der Waals surface area contributed by atoms with Crippen LogP contribution in [0.15, 0.2) is 75.1 Å². The van der Waals surface area contributed by atoms with Crippen LogP contribution in [0.4, 0.5) is 0 Å². The predicted octanol–water partition coefficient (Wildman–Crippen LogP) is 4.19. The van der Waals surface area contributed by atoms with Crippen LogP contribution >= 0.6 is 0 Å². The molecule has 1 heterocycles. The molecule has 4 rings (SSSR count). The van der Waals surface area contributed by atoms with Crippen LogP contribution in [0.2, 0.25) is 0 Å². The first-order valence-electron chi connectivity index (χ1n) is 13.1. The van der Waals surface area contributed by atoms with Crippen LogP contribution in [-0.4, -0.2) is 36.8 Å². The normalized spacial score (nSPS) is 14.5. The fourth-order valence-corrected chi connectivity index (χ4v) is 5.80. The van der Waals surface area contributed by atoms with E-state index in [0.717, 1.165) is 48.8 Å². The number of amides is 2. The maximum absolute atomic E-state index is 13.6. The first kappa shape index (κ1) is 28.3. The quantitative estimate of drug-likeness (QED) is 0.235. The molecule has 1 aliphatic carbocycles. The van der Waals surface area contributed by atoms with Gasteiger partial charge in [0.15, 0.2) is 0 Å². The average Bonchev–Trinajstić information content (AvgIpc) is 3.37. The van der Waals surface area contributed by atoms with E-state index in [0.29, 0.717) is 11.5 Å². The largest absolute Gasteiger partial charge is 0.459 e. The van der Waals surface area contributed by atoms with Crippen LogP contribution in [0, 0.1) is 13.8 Å². The maximum atomic E-state index is 13.6. The number of carbonyl (C=O) groups is 2. The molecule has 0 radical (unpaired) electrons. The van der Waals surface area contributed by atoms with Gasteiger partial charge in [-0.15, -0.1) is 0 Å². The van der Waals surface area contributed by atoms with E-state index in [-0.39, 0.29) is 24.0 Å². The molecular formula is C29H34N4O5S. The highest BCUT2D eigenvalue weighted by molar-refractivity contribution is 7.89. The summed E-state index contributed by atoms with van der Waals surface area (Å²) in [7, 11) is -3.83. The van der Waals surface area contributed by atoms with Gasteiger partial charge in [0.2, 0.25) is 10.0 Å². The molecule has 0 saturated heterocycles. The van der Waals surface area contributed by atoms with Gasteiger partial charge in [-0.3, -0.25) is 9.59 Å². The van der Waals surface area contributed by atoms with Gasteiger partial charge in [0, 0.05) is 12.6 Å². The van der Waals surface area contributed by atoms with Crippen LogP contribution in [0.1, 0.15) is 60.3 Å². The Morgan fingerprint density at radius 2 is 1.54 bits per heavy atom. The summed E-state index contributed by atoms with van der Waals surface area (Å²) in [5, 5.41) is 6.55. The van der Waals surface area contributed by atoms with Crippen molar-refractivity contribution >= 4 is 28.1 Å². The molecule has 10 heteroatoms. The molecule has 2 amide bonds. The lowest BCUT2D eigenvalue weighted by Crippen LogP contribution is -2.44. The lowest BCUT2D eigenvalue weighted by molar-refractivity contribution is -0.139. The Balaban J connectivity index is 1.42. The van der Waals surface area contributed by atoms with Gasteiger partial charge >= 0.3 is 11.8 Å². The van der Waals surface area contributed by atoms with Crippen LogP contribution in [0.5, 0.6) is 0 Å². The van der Waals surface area contributed by atoms with Crippen LogP contribution < -0.4 is 10.7 Å². The Kier molecular flexibility index (Phi) is 9.32. The van der Waals surface area contributed by atoms with Crippen molar-refractivity contribution in [2.75, 3.05) is 0 Å². The molecule has 0 bridgehead atoms. The monoisotopic (exact) mass is 550 g/mol. The van der Waals surface area contributed by atoms with Crippen molar-refractivity contribution < 1.29 is 22.4 Å². The van der Waals surface area contributed by atoms with E-state index in [2.05, 4.69) is 15.8 Å². The molecule has 0 unspecified atom stereocenters. The molecule has 1 fully saturated rings. The van der Waals surface area contributed by atoms with E-state index in [4.69, 9.17) is 4.42 Å². The van der Waals surface area contributed by atoms with E-state index < -0.39 is 21.8 Å². The van der Waals surface area contributed by atoms with Crippen LogP contribution in [-0.2, 0) is 32.7 Å². The molecule has 39 heavy (non-hydrogen) atoms. The lowest BCUT2D eigenvalue weighted by Gasteiger charge is -2.22. The summed E-state index contributed by atoms with van der Waals surface area (Å²) in [6, 6.07) is 17.7. The first-order chi connectivity index (χ1) is 18.7. The van der Waals surface area contributed by atoms with Crippen molar-refractivity contribution in [2.45, 2.75) is 70.0 Å². The van der Waals surface area contributed by atoms with Gasteiger partial charge in [-0.25, -0.2) is 13.8 Å². The summed E-state index contributed by atoms with van der Waals surface area (Å²) in [6.07, 6.45) is 6.25. The van der Waals surface area contributed by atoms with Gasteiger partial charge < -0.3 is 9.73 Å². The summed E-state index contributed by atoms with van der Waals surface area (Å²) in [6.45, 7) is 4.03. The summed E-state index contributed by atoms with van der Waals surface area (Å²) >= 11 is 0. The third kappa shape index (κ3) is 7.87. The highest BCUT2D eigenvalue weighted by Gasteiger charge is 2.26.